The van der Waals surface area contributed by atoms with Gasteiger partial charge in [0.2, 0.25) is 0 Å². The average Bonchev–Trinajstić information content (AvgIpc) is 2.44. The number of anilines is 2. The first-order valence-corrected chi connectivity index (χ1v) is 8.21. The zero-order valence-corrected chi connectivity index (χ0v) is 13.2. The molecule has 1 aromatic heterocycles. The maximum atomic E-state index is 12.6. The van der Waals surface area contributed by atoms with E-state index >= 15 is 0 Å². The number of nitrogens with zero attached hydrogens (tertiary/aromatic N) is 1. The predicted octanol–water partition coefficient (Wildman–Crippen LogP) is 2.93. The minimum absolute atomic E-state index is 0.148. The molecule has 0 fully saturated rings. The van der Waals surface area contributed by atoms with Gasteiger partial charge in [-0.05, 0) is 38.0 Å². The minimum Gasteiger partial charge on any atom is -0.384 e. The molecule has 1 aromatic carbocycles. The minimum atomic E-state index is -3.69. The lowest BCUT2D eigenvalue weighted by molar-refractivity contribution is 0.601. The Morgan fingerprint density at radius 1 is 1.14 bits per heavy atom. The maximum Gasteiger partial charge on any atom is 0.265 e. The number of hydrogen-bond acceptors (Lipinski definition) is 4. The summed E-state index contributed by atoms with van der Waals surface area (Å²) in [4.78, 5) is 4.07. The van der Waals surface area contributed by atoms with Crippen molar-refractivity contribution in [1.82, 2.24) is 4.98 Å². The number of aromatic nitrogens is 1. The molecule has 2 rings (SSSR count). The Bertz CT molecular complexity index is 722. The van der Waals surface area contributed by atoms with E-state index < -0.39 is 10.0 Å². The topological polar surface area (TPSA) is 71.1 Å². The van der Waals surface area contributed by atoms with Gasteiger partial charge in [-0.15, -0.1) is 0 Å². The summed E-state index contributed by atoms with van der Waals surface area (Å²) in [5.74, 6) is 0. The van der Waals surface area contributed by atoms with Gasteiger partial charge in [0, 0.05) is 18.9 Å². The molecule has 0 radical (unpaired) electrons. The molecule has 2 aromatic rings. The van der Waals surface area contributed by atoms with Gasteiger partial charge in [0.1, 0.15) is 4.90 Å². The summed E-state index contributed by atoms with van der Waals surface area (Å²) in [6.45, 7) is 6.30. The van der Waals surface area contributed by atoms with E-state index in [9.17, 15) is 8.42 Å². The number of pyridine rings is 1. The normalized spacial score (nSPS) is 11.2. The van der Waals surface area contributed by atoms with Crippen molar-refractivity contribution in [3.8, 4) is 0 Å². The fourth-order valence-electron chi connectivity index (χ4n) is 2.10. The van der Waals surface area contributed by atoms with Gasteiger partial charge in [-0.3, -0.25) is 9.71 Å². The standard InChI is InChI=1S/C15H19N3O2S/c1-4-17-13-8-9-16-10-14(13)21(19,20)18-15-11(2)6-5-7-12(15)3/h5-10,18H,4H2,1-3H3,(H,16,17). The Kier molecular flexibility index (Phi) is 4.47. The number of rotatable bonds is 5. The van der Waals surface area contributed by atoms with Crippen molar-refractivity contribution in [2.24, 2.45) is 0 Å². The molecule has 0 aliphatic heterocycles. The van der Waals surface area contributed by atoms with Crippen molar-refractivity contribution in [3.63, 3.8) is 0 Å². The monoisotopic (exact) mass is 305 g/mol. The fraction of sp³-hybridized carbons (Fsp3) is 0.267. The second-order valence-electron chi connectivity index (χ2n) is 4.77. The lowest BCUT2D eigenvalue weighted by Gasteiger charge is -2.15. The second kappa shape index (κ2) is 6.13. The zero-order chi connectivity index (χ0) is 15.5. The summed E-state index contributed by atoms with van der Waals surface area (Å²) in [7, 11) is -3.69. The van der Waals surface area contributed by atoms with Crippen LogP contribution in [0.25, 0.3) is 0 Å². The molecule has 0 bridgehead atoms. The van der Waals surface area contributed by atoms with Crippen LogP contribution in [0.1, 0.15) is 18.1 Å². The van der Waals surface area contributed by atoms with E-state index in [2.05, 4.69) is 15.0 Å². The number of benzene rings is 1. The summed E-state index contributed by atoms with van der Waals surface area (Å²) >= 11 is 0. The fourth-order valence-corrected chi connectivity index (χ4v) is 3.43. The Balaban J connectivity index is 2.44. The Morgan fingerprint density at radius 2 is 1.81 bits per heavy atom. The largest absolute Gasteiger partial charge is 0.384 e. The third-order valence-electron chi connectivity index (χ3n) is 3.16. The van der Waals surface area contributed by atoms with E-state index in [4.69, 9.17) is 0 Å². The van der Waals surface area contributed by atoms with E-state index in [0.717, 1.165) is 11.1 Å². The molecular formula is C15H19N3O2S. The lowest BCUT2D eigenvalue weighted by Crippen LogP contribution is -2.17. The van der Waals surface area contributed by atoms with Crippen LogP contribution in [0.4, 0.5) is 11.4 Å². The summed E-state index contributed by atoms with van der Waals surface area (Å²) in [5.41, 5.74) is 2.93. The molecule has 0 atom stereocenters. The summed E-state index contributed by atoms with van der Waals surface area (Å²) in [6.07, 6.45) is 2.92. The maximum absolute atomic E-state index is 12.6. The summed E-state index contributed by atoms with van der Waals surface area (Å²) in [6, 6.07) is 7.30. The molecule has 5 nitrogen and oxygen atoms in total. The average molecular weight is 305 g/mol. The van der Waals surface area contributed by atoms with Crippen LogP contribution in [-0.2, 0) is 10.0 Å². The Morgan fingerprint density at radius 3 is 2.43 bits per heavy atom. The number of nitrogens with one attached hydrogen (secondary N) is 2. The number of aryl methyl sites for hydroxylation is 2. The van der Waals surface area contributed by atoms with E-state index in [-0.39, 0.29) is 4.90 Å². The van der Waals surface area contributed by atoms with Gasteiger partial charge >= 0.3 is 0 Å². The SMILES string of the molecule is CCNc1ccncc1S(=O)(=O)Nc1c(C)cccc1C. The molecule has 0 aliphatic carbocycles. The molecule has 112 valence electrons. The van der Waals surface area contributed by atoms with E-state index in [1.165, 1.54) is 6.20 Å². The smallest absolute Gasteiger partial charge is 0.265 e. The third kappa shape index (κ3) is 3.33. The van der Waals surface area contributed by atoms with Crippen LogP contribution in [0.15, 0.2) is 41.6 Å². The lowest BCUT2D eigenvalue weighted by atomic mass is 10.1. The number of sulfonamides is 1. The van der Waals surface area contributed by atoms with Crippen molar-refractivity contribution in [2.75, 3.05) is 16.6 Å². The van der Waals surface area contributed by atoms with Crippen LogP contribution in [-0.4, -0.2) is 19.9 Å². The molecule has 1 heterocycles. The van der Waals surface area contributed by atoms with Crippen LogP contribution >= 0.6 is 0 Å². The molecule has 0 saturated carbocycles. The molecule has 21 heavy (non-hydrogen) atoms. The van der Waals surface area contributed by atoms with Crippen molar-refractivity contribution < 1.29 is 8.42 Å². The van der Waals surface area contributed by atoms with Gasteiger partial charge in [-0.1, -0.05) is 18.2 Å². The molecule has 0 spiro atoms. The van der Waals surface area contributed by atoms with Crippen LogP contribution in [0, 0.1) is 13.8 Å². The molecule has 0 aliphatic rings. The van der Waals surface area contributed by atoms with E-state index in [1.807, 2.05) is 39.0 Å². The van der Waals surface area contributed by atoms with Crippen molar-refractivity contribution >= 4 is 21.4 Å². The van der Waals surface area contributed by atoms with Crippen LogP contribution in [0.3, 0.4) is 0 Å². The molecule has 6 heteroatoms. The summed E-state index contributed by atoms with van der Waals surface area (Å²) < 4.78 is 27.9. The van der Waals surface area contributed by atoms with Gasteiger partial charge in [0.05, 0.1) is 11.4 Å². The van der Waals surface area contributed by atoms with Crippen LogP contribution in [0.2, 0.25) is 0 Å². The zero-order valence-electron chi connectivity index (χ0n) is 12.3. The van der Waals surface area contributed by atoms with E-state index in [1.54, 1.807) is 12.3 Å². The number of para-hydroxylation sites is 1. The van der Waals surface area contributed by atoms with Crippen molar-refractivity contribution in [3.05, 3.63) is 47.8 Å². The molecular weight excluding hydrogens is 286 g/mol. The molecule has 2 N–H and O–H groups in total. The van der Waals surface area contributed by atoms with Crippen LogP contribution in [0.5, 0.6) is 0 Å². The number of hydrogen-bond donors (Lipinski definition) is 2. The highest BCUT2D eigenvalue weighted by atomic mass is 32.2. The summed E-state index contributed by atoms with van der Waals surface area (Å²) in [5, 5.41) is 3.04. The van der Waals surface area contributed by atoms with Gasteiger partial charge < -0.3 is 5.32 Å². The van der Waals surface area contributed by atoms with Crippen molar-refractivity contribution in [1.29, 1.82) is 0 Å². The van der Waals surface area contributed by atoms with Gasteiger partial charge in [-0.25, -0.2) is 8.42 Å². The molecule has 0 amide bonds. The van der Waals surface area contributed by atoms with Gasteiger partial charge in [0.25, 0.3) is 10.0 Å². The first-order valence-electron chi connectivity index (χ1n) is 6.72. The van der Waals surface area contributed by atoms with Crippen LogP contribution < -0.4 is 10.0 Å². The highest BCUT2D eigenvalue weighted by Crippen LogP contribution is 2.26. The van der Waals surface area contributed by atoms with Crippen molar-refractivity contribution in [2.45, 2.75) is 25.7 Å². The third-order valence-corrected chi connectivity index (χ3v) is 4.54. The highest BCUT2D eigenvalue weighted by Gasteiger charge is 2.20. The molecule has 0 unspecified atom stereocenters. The van der Waals surface area contributed by atoms with E-state index in [0.29, 0.717) is 17.9 Å². The Hall–Kier alpha value is -2.08. The van der Waals surface area contributed by atoms with Gasteiger partial charge in [0.15, 0.2) is 0 Å². The highest BCUT2D eigenvalue weighted by molar-refractivity contribution is 7.92. The Labute approximate surface area is 125 Å². The molecule has 0 saturated heterocycles. The second-order valence-corrected chi connectivity index (χ2v) is 6.43. The quantitative estimate of drug-likeness (QED) is 0.891. The predicted molar refractivity (Wildman–Crippen MR) is 85.1 cm³/mol. The first kappa shape index (κ1) is 15.3. The first-order chi connectivity index (χ1) is 9.95. The van der Waals surface area contributed by atoms with Gasteiger partial charge in [-0.2, -0.15) is 0 Å².